The molecule has 0 bridgehead atoms. The van der Waals surface area contributed by atoms with Gasteiger partial charge < -0.3 is 0 Å². The Bertz CT molecular complexity index is 1670. The smallest absolute Gasteiger partial charge is 0.0719 e. The summed E-state index contributed by atoms with van der Waals surface area (Å²) < 4.78 is 2.63. The summed E-state index contributed by atoms with van der Waals surface area (Å²) in [5, 5.41) is 2.60. The Balaban J connectivity index is 1.61. The average Bonchev–Trinajstić information content (AvgIpc) is 3.27. The van der Waals surface area contributed by atoms with Crippen LogP contribution >= 0.6 is 11.3 Å². The summed E-state index contributed by atoms with van der Waals surface area (Å²) in [7, 11) is 0. The molecule has 0 unspecified atom stereocenters. The van der Waals surface area contributed by atoms with Gasteiger partial charge in [0.15, 0.2) is 0 Å². The molecular formula is C34H29NS. The fraction of sp³-hybridized carbons (Fsp3) is 0.147. The van der Waals surface area contributed by atoms with Crippen molar-refractivity contribution in [2.24, 2.45) is 5.41 Å². The zero-order valence-corrected chi connectivity index (χ0v) is 21.8. The van der Waals surface area contributed by atoms with E-state index in [0.29, 0.717) is 0 Å². The zero-order valence-electron chi connectivity index (χ0n) is 21.0. The van der Waals surface area contributed by atoms with E-state index in [4.69, 9.17) is 4.98 Å². The van der Waals surface area contributed by atoms with E-state index in [9.17, 15) is 0 Å². The third-order valence-electron chi connectivity index (χ3n) is 6.62. The number of fused-ring (bicyclic) bond motifs is 3. The van der Waals surface area contributed by atoms with Crippen molar-refractivity contribution in [1.82, 2.24) is 4.98 Å². The lowest BCUT2D eigenvalue weighted by molar-refractivity contribution is 0.411. The van der Waals surface area contributed by atoms with Crippen molar-refractivity contribution in [2.45, 2.75) is 27.2 Å². The maximum atomic E-state index is 4.81. The number of nitrogens with zero attached hydrogens (tertiary/aromatic N) is 1. The van der Waals surface area contributed by atoms with Crippen molar-refractivity contribution in [3.05, 3.63) is 115 Å². The summed E-state index contributed by atoms with van der Waals surface area (Å²) in [5.41, 5.74) is 8.86. The van der Waals surface area contributed by atoms with Gasteiger partial charge in [-0.25, -0.2) is 0 Å². The first kappa shape index (κ1) is 22.7. The Labute approximate surface area is 217 Å². The second kappa shape index (κ2) is 9.04. The lowest BCUT2D eigenvalue weighted by Crippen LogP contribution is -2.09. The Morgan fingerprint density at radius 3 is 2.03 bits per heavy atom. The van der Waals surface area contributed by atoms with Crippen LogP contribution in [0.2, 0.25) is 0 Å². The zero-order chi connectivity index (χ0) is 24.7. The summed E-state index contributed by atoms with van der Waals surface area (Å²) in [6.07, 6.45) is 3.00. The van der Waals surface area contributed by atoms with Gasteiger partial charge in [0.25, 0.3) is 0 Å². The third-order valence-corrected chi connectivity index (χ3v) is 7.91. The highest BCUT2D eigenvalue weighted by Gasteiger charge is 2.17. The molecule has 2 heterocycles. The van der Waals surface area contributed by atoms with Crippen molar-refractivity contribution in [3.8, 4) is 33.5 Å². The number of aromatic nitrogens is 1. The number of hydrogen-bond donors (Lipinski definition) is 0. The van der Waals surface area contributed by atoms with Crippen molar-refractivity contribution in [3.63, 3.8) is 0 Å². The van der Waals surface area contributed by atoms with Gasteiger partial charge in [0, 0.05) is 37.5 Å². The van der Waals surface area contributed by atoms with E-state index in [-0.39, 0.29) is 5.41 Å². The van der Waals surface area contributed by atoms with E-state index in [1.165, 1.54) is 53.6 Å². The molecule has 0 saturated carbocycles. The van der Waals surface area contributed by atoms with Crippen LogP contribution in [0.3, 0.4) is 0 Å². The van der Waals surface area contributed by atoms with E-state index in [1.807, 2.05) is 17.5 Å². The van der Waals surface area contributed by atoms with Gasteiger partial charge in [-0.2, -0.15) is 0 Å². The molecular weight excluding hydrogens is 454 g/mol. The molecule has 176 valence electrons. The van der Waals surface area contributed by atoms with E-state index in [0.717, 1.165) is 12.1 Å². The van der Waals surface area contributed by atoms with Gasteiger partial charge in [0.1, 0.15) is 0 Å². The number of benzene rings is 4. The van der Waals surface area contributed by atoms with Crippen LogP contribution < -0.4 is 0 Å². The summed E-state index contributed by atoms with van der Waals surface area (Å²) >= 11 is 1.89. The molecule has 0 amide bonds. The molecule has 6 aromatic rings. The standard InChI is InChI=1S/C34H29NS/c1-34(2,3)22-23-17-18-35-31(19-23)28-16-10-15-27-30-21-26(24-11-6-4-7-12-24)20-29(33(30)36-32(27)28)25-13-8-5-9-14-25/h4-21H,22H2,1-3H3. The highest BCUT2D eigenvalue weighted by molar-refractivity contribution is 7.26. The fourth-order valence-electron chi connectivity index (χ4n) is 5.08. The van der Waals surface area contributed by atoms with Crippen molar-refractivity contribution >= 4 is 31.5 Å². The van der Waals surface area contributed by atoms with Crippen molar-refractivity contribution in [2.75, 3.05) is 0 Å². The van der Waals surface area contributed by atoms with E-state index in [1.54, 1.807) is 0 Å². The van der Waals surface area contributed by atoms with Gasteiger partial charge in [0.2, 0.25) is 0 Å². The Morgan fingerprint density at radius 1 is 0.611 bits per heavy atom. The molecule has 1 nitrogen and oxygen atoms in total. The molecule has 0 aliphatic heterocycles. The molecule has 0 aliphatic rings. The summed E-state index contributed by atoms with van der Waals surface area (Å²) in [5.74, 6) is 0. The summed E-state index contributed by atoms with van der Waals surface area (Å²) in [4.78, 5) is 4.81. The molecule has 6 rings (SSSR count). The Kier molecular flexibility index (Phi) is 5.70. The van der Waals surface area contributed by atoms with Crippen molar-refractivity contribution in [1.29, 1.82) is 0 Å². The van der Waals surface area contributed by atoms with E-state index in [2.05, 4.69) is 124 Å². The van der Waals surface area contributed by atoms with Crippen LogP contribution in [-0.4, -0.2) is 4.98 Å². The van der Waals surface area contributed by atoms with Crippen LogP contribution in [0, 0.1) is 5.41 Å². The van der Waals surface area contributed by atoms with Crippen LogP contribution in [0.25, 0.3) is 53.7 Å². The number of hydrogen-bond acceptors (Lipinski definition) is 2. The highest BCUT2D eigenvalue weighted by atomic mass is 32.1. The molecule has 0 spiro atoms. The Hall–Kier alpha value is -3.75. The predicted octanol–water partition coefficient (Wildman–Crippen LogP) is 10.0. The second-order valence-corrected chi connectivity index (χ2v) is 11.7. The van der Waals surface area contributed by atoms with Gasteiger partial charge in [-0.3, -0.25) is 4.98 Å². The topological polar surface area (TPSA) is 12.9 Å². The second-order valence-electron chi connectivity index (χ2n) is 10.7. The lowest BCUT2D eigenvalue weighted by atomic mass is 9.88. The molecule has 0 N–H and O–H groups in total. The Morgan fingerprint density at radius 2 is 1.31 bits per heavy atom. The molecule has 2 heteroatoms. The van der Waals surface area contributed by atoms with Crippen LogP contribution in [0.15, 0.2) is 109 Å². The van der Waals surface area contributed by atoms with E-state index >= 15 is 0 Å². The van der Waals surface area contributed by atoms with Crippen LogP contribution in [-0.2, 0) is 6.42 Å². The normalized spacial score (nSPS) is 11.9. The van der Waals surface area contributed by atoms with Gasteiger partial charge >= 0.3 is 0 Å². The predicted molar refractivity (Wildman–Crippen MR) is 157 cm³/mol. The van der Waals surface area contributed by atoms with Gasteiger partial charge in [-0.1, -0.05) is 99.6 Å². The number of pyridine rings is 1. The molecule has 36 heavy (non-hydrogen) atoms. The minimum absolute atomic E-state index is 0.237. The molecule has 0 saturated heterocycles. The molecule has 2 aromatic heterocycles. The fourth-order valence-corrected chi connectivity index (χ4v) is 6.42. The largest absolute Gasteiger partial charge is 0.256 e. The van der Waals surface area contributed by atoms with Gasteiger partial charge in [-0.05, 0) is 58.4 Å². The maximum absolute atomic E-state index is 4.81. The molecule has 0 atom stereocenters. The highest BCUT2D eigenvalue weighted by Crippen LogP contribution is 2.45. The van der Waals surface area contributed by atoms with Crippen LogP contribution in [0.4, 0.5) is 0 Å². The van der Waals surface area contributed by atoms with E-state index < -0.39 is 0 Å². The first-order chi connectivity index (χ1) is 17.5. The third kappa shape index (κ3) is 4.34. The summed E-state index contributed by atoms with van der Waals surface area (Å²) in [6.45, 7) is 6.86. The van der Waals surface area contributed by atoms with Gasteiger partial charge in [0.05, 0.1) is 5.69 Å². The van der Waals surface area contributed by atoms with Crippen LogP contribution in [0.1, 0.15) is 26.3 Å². The monoisotopic (exact) mass is 483 g/mol. The molecule has 4 aromatic carbocycles. The maximum Gasteiger partial charge on any atom is 0.0719 e. The minimum Gasteiger partial charge on any atom is -0.256 e. The lowest BCUT2D eigenvalue weighted by Gasteiger charge is -2.18. The number of thiophene rings is 1. The van der Waals surface area contributed by atoms with Crippen molar-refractivity contribution < 1.29 is 0 Å². The number of rotatable bonds is 4. The summed E-state index contributed by atoms with van der Waals surface area (Å²) in [6, 6.07) is 37.3. The molecule has 0 fully saturated rings. The quantitative estimate of drug-likeness (QED) is 0.243. The molecule has 0 aliphatic carbocycles. The van der Waals surface area contributed by atoms with Crippen LogP contribution in [0.5, 0.6) is 0 Å². The molecule has 0 radical (unpaired) electrons. The minimum atomic E-state index is 0.237. The van der Waals surface area contributed by atoms with Gasteiger partial charge in [-0.15, -0.1) is 11.3 Å². The average molecular weight is 484 g/mol. The SMILES string of the molecule is CC(C)(C)Cc1ccnc(-c2cccc3c2sc2c(-c4ccccc4)cc(-c4ccccc4)cc23)c1. The first-order valence-corrected chi connectivity index (χ1v) is 13.3. The first-order valence-electron chi connectivity index (χ1n) is 12.5.